The van der Waals surface area contributed by atoms with Gasteiger partial charge < -0.3 is 10.6 Å². The Hall–Kier alpha value is -0.480. The first-order valence-corrected chi connectivity index (χ1v) is 8.28. The van der Waals surface area contributed by atoms with Crippen LogP contribution in [0.3, 0.4) is 0 Å². The summed E-state index contributed by atoms with van der Waals surface area (Å²) in [6.45, 7) is 4.12. The smallest absolute Gasteiger partial charge is 0.223 e. The lowest BCUT2D eigenvalue weighted by molar-refractivity contribution is -0.123. The third-order valence-electron chi connectivity index (χ3n) is 4.62. The molecule has 0 aromatic heterocycles. The lowest BCUT2D eigenvalue weighted by atomic mass is 9.95. The van der Waals surface area contributed by atoms with Gasteiger partial charge in [-0.2, -0.15) is 0 Å². The van der Waals surface area contributed by atoms with Gasteiger partial charge in [-0.1, -0.05) is 42.3 Å². The highest BCUT2D eigenvalue weighted by molar-refractivity contribution is 6.42. The second-order valence-electron chi connectivity index (χ2n) is 6.18. The maximum atomic E-state index is 12.4. The number of rotatable bonds is 3. The standard InChI is InChI=1S/C16H20Cl2N2O.ClH/c1-9-8-19-6-5-14(9)20-16(21)12-7-11(12)10-3-2-4-13(17)15(10)18;/h2-4,9,11-12,14,19H,5-8H2,1H3,(H,20,21);1H. The Labute approximate surface area is 147 Å². The lowest BCUT2D eigenvalue weighted by Crippen LogP contribution is -2.48. The summed E-state index contributed by atoms with van der Waals surface area (Å²) >= 11 is 12.3. The van der Waals surface area contributed by atoms with Gasteiger partial charge in [-0.3, -0.25) is 4.79 Å². The molecule has 3 rings (SSSR count). The fraction of sp³-hybridized carbons (Fsp3) is 0.562. The number of hydrogen-bond donors (Lipinski definition) is 2. The molecule has 0 radical (unpaired) electrons. The lowest BCUT2D eigenvalue weighted by Gasteiger charge is -2.30. The SMILES string of the molecule is CC1CNCCC1NC(=O)C1CC1c1cccc(Cl)c1Cl.Cl. The number of nitrogens with one attached hydrogen (secondary N) is 2. The minimum atomic E-state index is 0. The summed E-state index contributed by atoms with van der Waals surface area (Å²) in [6, 6.07) is 5.93. The minimum absolute atomic E-state index is 0. The van der Waals surface area contributed by atoms with Crippen molar-refractivity contribution in [3.05, 3.63) is 33.8 Å². The van der Waals surface area contributed by atoms with Gasteiger partial charge in [0.05, 0.1) is 10.0 Å². The molecule has 4 unspecified atom stereocenters. The van der Waals surface area contributed by atoms with Crippen LogP contribution in [0.4, 0.5) is 0 Å². The normalized spacial score (nSPS) is 30.3. The maximum Gasteiger partial charge on any atom is 0.223 e. The summed E-state index contributed by atoms with van der Waals surface area (Å²) in [6.07, 6.45) is 1.87. The molecule has 1 amide bonds. The second-order valence-corrected chi connectivity index (χ2v) is 6.96. The van der Waals surface area contributed by atoms with Crippen LogP contribution in [-0.2, 0) is 4.79 Å². The molecule has 3 nitrogen and oxygen atoms in total. The zero-order chi connectivity index (χ0) is 15.0. The molecular formula is C16H21Cl3N2O. The van der Waals surface area contributed by atoms with Gasteiger partial charge in [-0.15, -0.1) is 12.4 Å². The van der Waals surface area contributed by atoms with Gasteiger partial charge in [-0.05, 0) is 49.4 Å². The number of amides is 1. The molecule has 1 aliphatic heterocycles. The second kappa shape index (κ2) is 7.39. The molecule has 2 fully saturated rings. The Morgan fingerprint density at radius 2 is 2.14 bits per heavy atom. The molecule has 1 heterocycles. The first-order valence-electron chi connectivity index (χ1n) is 7.53. The zero-order valence-corrected chi connectivity index (χ0v) is 14.8. The number of carbonyl (C=O) groups excluding carboxylic acids is 1. The molecule has 1 aromatic carbocycles. The number of piperidine rings is 1. The summed E-state index contributed by atoms with van der Waals surface area (Å²) in [5, 5.41) is 7.71. The molecule has 2 N–H and O–H groups in total. The van der Waals surface area contributed by atoms with E-state index in [0.29, 0.717) is 16.0 Å². The molecular weight excluding hydrogens is 343 g/mol. The molecule has 4 atom stereocenters. The quantitative estimate of drug-likeness (QED) is 0.861. The number of carbonyl (C=O) groups is 1. The monoisotopic (exact) mass is 362 g/mol. The van der Waals surface area contributed by atoms with Crippen molar-refractivity contribution in [1.82, 2.24) is 10.6 Å². The molecule has 1 saturated carbocycles. The van der Waals surface area contributed by atoms with Crippen molar-refractivity contribution in [1.29, 1.82) is 0 Å². The van der Waals surface area contributed by atoms with Gasteiger partial charge in [0, 0.05) is 12.0 Å². The van der Waals surface area contributed by atoms with Crippen molar-refractivity contribution < 1.29 is 4.79 Å². The summed E-state index contributed by atoms with van der Waals surface area (Å²) in [5.74, 6) is 0.903. The predicted octanol–water partition coefficient (Wildman–Crippen LogP) is 3.63. The fourth-order valence-corrected chi connectivity index (χ4v) is 3.60. The van der Waals surface area contributed by atoms with Crippen molar-refractivity contribution in [3.63, 3.8) is 0 Å². The van der Waals surface area contributed by atoms with E-state index in [4.69, 9.17) is 23.2 Å². The van der Waals surface area contributed by atoms with E-state index >= 15 is 0 Å². The Balaban J connectivity index is 0.00000176. The molecule has 6 heteroatoms. The minimum Gasteiger partial charge on any atom is -0.353 e. The Morgan fingerprint density at radius 3 is 2.86 bits per heavy atom. The van der Waals surface area contributed by atoms with E-state index in [1.54, 1.807) is 6.07 Å². The molecule has 1 aromatic rings. The van der Waals surface area contributed by atoms with Gasteiger partial charge in [-0.25, -0.2) is 0 Å². The van der Waals surface area contributed by atoms with Crippen LogP contribution in [0.15, 0.2) is 18.2 Å². The van der Waals surface area contributed by atoms with Crippen LogP contribution in [0.2, 0.25) is 10.0 Å². The first kappa shape index (κ1) is 17.9. The molecule has 22 heavy (non-hydrogen) atoms. The van der Waals surface area contributed by atoms with Crippen LogP contribution in [0.1, 0.15) is 31.2 Å². The third kappa shape index (κ3) is 3.70. The van der Waals surface area contributed by atoms with E-state index in [0.717, 1.165) is 31.5 Å². The van der Waals surface area contributed by atoms with E-state index < -0.39 is 0 Å². The van der Waals surface area contributed by atoms with E-state index in [1.165, 1.54) is 0 Å². The highest BCUT2D eigenvalue weighted by Gasteiger charge is 2.45. The molecule has 0 spiro atoms. The summed E-state index contributed by atoms with van der Waals surface area (Å²) in [4.78, 5) is 12.4. The Kier molecular flexibility index (Phi) is 6.00. The van der Waals surface area contributed by atoms with Crippen LogP contribution >= 0.6 is 35.6 Å². The zero-order valence-electron chi connectivity index (χ0n) is 12.4. The van der Waals surface area contributed by atoms with E-state index in [9.17, 15) is 4.79 Å². The highest BCUT2D eigenvalue weighted by Crippen LogP contribution is 2.50. The maximum absolute atomic E-state index is 12.4. The van der Waals surface area contributed by atoms with Crippen LogP contribution in [0.5, 0.6) is 0 Å². The molecule has 1 aliphatic carbocycles. The molecule has 1 saturated heterocycles. The summed E-state index contributed by atoms with van der Waals surface area (Å²) < 4.78 is 0. The van der Waals surface area contributed by atoms with Crippen molar-refractivity contribution >= 4 is 41.5 Å². The number of halogens is 3. The highest BCUT2D eigenvalue weighted by atomic mass is 35.5. The van der Waals surface area contributed by atoms with Gasteiger partial charge >= 0.3 is 0 Å². The predicted molar refractivity (Wildman–Crippen MR) is 93.1 cm³/mol. The number of benzene rings is 1. The van der Waals surface area contributed by atoms with E-state index in [2.05, 4.69) is 17.6 Å². The summed E-state index contributed by atoms with van der Waals surface area (Å²) in [7, 11) is 0. The van der Waals surface area contributed by atoms with Crippen molar-refractivity contribution in [2.75, 3.05) is 13.1 Å². The molecule has 2 aliphatic rings. The molecule has 122 valence electrons. The summed E-state index contributed by atoms with van der Waals surface area (Å²) in [5.41, 5.74) is 1.00. The van der Waals surface area contributed by atoms with Crippen LogP contribution in [-0.4, -0.2) is 25.0 Å². The topological polar surface area (TPSA) is 41.1 Å². The van der Waals surface area contributed by atoms with E-state index in [1.807, 2.05) is 12.1 Å². The van der Waals surface area contributed by atoms with Crippen molar-refractivity contribution in [3.8, 4) is 0 Å². The average molecular weight is 364 g/mol. The first-order chi connectivity index (χ1) is 10.1. The third-order valence-corrected chi connectivity index (χ3v) is 5.45. The largest absolute Gasteiger partial charge is 0.353 e. The number of hydrogen-bond acceptors (Lipinski definition) is 2. The average Bonchev–Trinajstić information content (AvgIpc) is 3.25. The van der Waals surface area contributed by atoms with Gasteiger partial charge in [0.25, 0.3) is 0 Å². The van der Waals surface area contributed by atoms with Gasteiger partial charge in [0.15, 0.2) is 0 Å². The fourth-order valence-electron chi connectivity index (χ4n) is 3.15. The van der Waals surface area contributed by atoms with Crippen LogP contribution < -0.4 is 10.6 Å². The van der Waals surface area contributed by atoms with Crippen molar-refractivity contribution in [2.24, 2.45) is 11.8 Å². The Morgan fingerprint density at radius 1 is 1.36 bits per heavy atom. The van der Waals surface area contributed by atoms with E-state index in [-0.39, 0.29) is 36.2 Å². The Bertz CT molecular complexity index is 552. The van der Waals surface area contributed by atoms with Crippen LogP contribution in [0.25, 0.3) is 0 Å². The van der Waals surface area contributed by atoms with Crippen molar-refractivity contribution in [2.45, 2.75) is 31.7 Å². The molecule has 0 bridgehead atoms. The van der Waals surface area contributed by atoms with Gasteiger partial charge in [0.2, 0.25) is 5.91 Å². The van der Waals surface area contributed by atoms with Gasteiger partial charge in [0.1, 0.15) is 0 Å². The van der Waals surface area contributed by atoms with Crippen LogP contribution in [0, 0.1) is 11.8 Å².